The zero-order valence-corrected chi connectivity index (χ0v) is 10.9. The van der Waals surface area contributed by atoms with E-state index in [1.54, 1.807) is 0 Å². The minimum Gasteiger partial charge on any atom is -0.333 e. The van der Waals surface area contributed by atoms with Gasteiger partial charge >= 0.3 is 0 Å². The van der Waals surface area contributed by atoms with Gasteiger partial charge < -0.3 is 5.32 Å². The molecule has 0 heterocycles. The molecular weight excluding hydrogens is 269 g/mol. The van der Waals surface area contributed by atoms with Crippen molar-refractivity contribution in [2.24, 2.45) is 0 Å². The molecule has 0 aromatic heterocycles. The van der Waals surface area contributed by atoms with Crippen LogP contribution in [-0.4, -0.2) is 5.91 Å². The molecule has 0 radical (unpaired) electrons. The van der Waals surface area contributed by atoms with Crippen molar-refractivity contribution in [3.8, 4) is 12.1 Å². The van der Waals surface area contributed by atoms with Gasteiger partial charge in [-0.2, -0.15) is 10.5 Å². The maximum atomic E-state index is 12.9. The number of hydrogen-bond acceptors (Lipinski definition) is 3. The van der Waals surface area contributed by atoms with Crippen molar-refractivity contribution in [2.75, 3.05) is 0 Å². The molecule has 0 aliphatic rings. The lowest BCUT2D eigenvalue weighted by Crippen LogP contribution is -2.27. The van der Waals surface area contributed by atoms with Crippen LogP contribution in [0.3, 0.4) is 0 Å². The Kier molecular flexibility index (Phi) is 4.28. The minimum atomic E-state index is -0.867. The van der Waals surface area contributed by atoms with E-state index in [4.69, 9.17) is 10.5 Å². The van der Waals surface area contributed by atoms with Gasteiger partial charge in [0.2, 0.25) is 0 Å². The number of carbonyl (C=O) groups excluding carboxylic acids is 1. The third-order valence-corrected chi connectivity index (χ3v) is 2.88. The van der Waals surface area contributed by atoms with E-state index in [0.717, 1.165) is 0 Å². The van der Waals surface area contributed by atoms with E-state index < -0.39 is 17.8 Å². The Hall–Kier alpha value is -3.18. The summed E-state index contributed by atoms with van der Waals surface area (Å²) in [6, 6.07) is 14.5. The Morgan fingerprint density at radius 1 is 1.05 bits per heavy atom. The van der Waals surface area contributed by atoms with Gasteiger partial charge in [0.1, 0.15) is 11.9 Å². The molecule has 2 aromatic carbocycles. The van der Waals surface area contributed by atoms with Crippen LogP contribution in [0, 0.1) is 28.5 Å². The molecule has 102 valence electrons. The van der Waals surface area contributed by atoms with Gasteiger partial charge in [0, 0.05) is 5.56 Å². The molecule has 2 rings (SSSR count). The monoisotopic (exact) mass is 279 g/mol. The van der Waals surface area contributed by atoms with Crippen LogP contribution in [0.25, 0.3) is 0 Å². The Bertz CT molecular complexity index is 724. The second-order valence-electron chi connectivity index (χ2n) is 4.28. The number of amides is 1. The van der Waals surface area contributed by atoms with E-state index >= 15 is 0 Å². The lowest BCUT2D eigenvalue weighted by molar-refractivity contribution is 0.0945. The molecule has 1 atom stereocenters. The van der Waals surface area contributed by atoms with Crippen molar-refractivity contribution in [1.82, 2.24) is 5.32 Å². The maximum Gasteiger partial charge on any atom is 0.252 e. The fraction of sp³-hybridized carbons (Fsp3) is 0.0625. The first-order chi connectivity index (χ1) is 10.1. The normalized spacial score (nSPS) is 11.0. The second kappa shape index (κ2) is 6.31. The summed E-state index contributed by atoms with van der Waals surface area (Å²) in [6.07, 6.45) is 0. The first kappa shape index (κ1) is 14.2. The second-order valence-corrected chi connectivity index (χ2v) is 4.28. The summed E-state index contributed by atoms with van der Waals surface area (Å²) in [4.78, 5) is 12.0. The van der Waals surface area contributed by atoms with E-state index in [9.17, 15) is 9.18 Å². The minimum absolute atomic E-state index is 0.344. The number of nitrogens with zero attached hydrogens (tertiary/aromatic N) is 2. The number of carbonyl (C=O) groups is 1. The number of nitriles is 2. The smallest absolute Gasteiger partial charge is 0.252 e. The average Bonchev–Trinajstić information content (AvgIpc) is 2.53. The van der Waals surface area contributed by atoms with Crippen molar-refractivity contribution in [3.05, 3.63) is 71.0 Å². The van der Waals surface area contributed by atoms with Crippen molar-refractivity contribution in [2.45, 2.75) is 6.04 Å². The number of hydrogen-bond donors (Lipinski definition) is 1. The number of halogens is 1. The molecule has 2 aromatic rings. The van der Waals surface area contributed by atoms with Crippen LogP contribution in [0.15, 0.2) is 48.5 Å². The van der Waals surface area contributed by atoms with E-state index in [1.165, 1.54) is 48.5 Å². The molecule has 0 saturated heterocycles. The van der Waals surface area contributed by atoms with Crippen molar-refractivity contribution >= 4 is 5.91 Å². The summed E-state index contributed by atoms with van der Waals surface area (Å²) in [7, 11) is 0. The lowest BCUT2D eigenvalue weighted by Gasteiger charge is -2.12. The van der Waals surface area contributed by atoms with Crippen LogP contribution in [0.4, 0.5) is 4.39 Å². The predicted octanol–water partition coefficient (Wildman–Crippen LogP) is 2.69. The van der Waals surface area contributed by atoms with Gasteiger partial charge in [-0.3, -0.25) is 4.79 Å². The first-order valence-corrected chi connectivity index (χ1v) is 6.10. The molecule has 21 heavy (non-hydrogen) atoms. The molecule has 0 aliphatic heterocycles. The van der Waals surface area contributed by atoms with Crippen molar-refractivity contribution in [1.29, 1.82) is 10.5 Å². The highest BCUT2D eigenvalue weighted by Crippen LogP contribution is 2.14. The largest absolute Gasteiger partial charge is 0.333 e. The summed E-state index contributed by atoms with van der Waals surface area (Å²) < 4.78 is 12.9. The Morgan fingerprint density at radius 3 is 2.19 bits per heavy atom. The summed E-state index contributed by atoms with van der Waals surface area (Å²) in [5.41, 5.74) is 1.29. The molecule has 0 saturated carbocycles. The van der Waals surface area contributed by atoms with E-state index in [1.807, 2.05) is 12.1 Å². The molecule has 0 spiro atoms. The fourth-order valence-corrected chi connectivity index (χ4v) is 1.76. The first-order valence-electron chi connectivity index (χ1n) is 6.10. The highest BCUT2D eigenvalue weighted by Gasteiger charge is 2.15. The number of nitrogens with one attached hydrogen (secondary N) is 1. The highest BCUT2D eigenvalue weighted by molar-refractivity contribution is 5.94. The maximum absolute atomic E-state index is 12.9. The van der Waals surface area contributed by atoms with Gasteiger partial charge in [-0.1, -0.05) is 12.1 Å². The molecule has 0 fully saturated rings. The average molecular weight is 279 g/mol. The Labute approximate surface area is 121 Å². The molecule has 1 amide bonds. The standard InChI is InChI=1S/C16H10FN3O/c17-14-7-5-12(6-8-14)15(10-19)20-16(21)13-3-1-11(9-18)2-4-13/h1-8,15H,(H,20,21)/t15-/m0/s1. The lowest BCUT2D eigenvalue weighted by atomic mass is 10.1. The van der Waals surface area contributed by atoms with Crippen LogP contribution in [0.2, 0.25) is 0 Å². The molecule has 1 N–H and O–H groups in total. The Morgan fingerprint density at radius 2 is 1.67 bits per heavy atom. The van der Waals surface area contributed by atoms with E-state index in [-0.39, 0.29) is 0 Å². The number of benzene rings is 2. The third kappa shape index (κ3) is 3.43. The van der Waals surface area contributed by atoms with Gasteiger partial charge in [0.15, 0.2) is 0 Å². The van der Waals surface area contributed by atoms with Crippen LogP contribution >= 0.6 is 0 Å². The number of rotatable bonds is 3. The zero-order valence-electron chi connectivity index (χ0n) is 10.9. The zero-order chi connectivity index (χ0) is 15.2. The summed E-state index contributed by atoms with van der Waals surface area (Å²) in [5.74, 6) is -0.843. The van der Waals surface area contributed by atoms with Gasteiger partial charge in [0.25, 0.3) is 5.91 Å². The summed E-state index contributed by atoms with van der Waals surface area (Å²) in [6.45, 7) is 0. The van der Waals surface area contributed by atoms with Crippen molar-refractivity contribution in [3.63, 3.8) is 0 Å². The highest BCUT2D eigenvalue weighted by atomic mass is 19.1. The van der Waals surface area contributed by atoms with E-state index in [2.05, 4.69) is 5.32 Å². The molecular formula is C16H10FN3O. The molecule has 5 heteroatoms. The van der Waals surface area contributed by atoms with Gasteiger partial charge in [-0.25, -0.2) is 4.39 Å². The van der Waals surface area contributed by atoms with Crippen LogP contribution in [0.5, 0.6) is 0 Å². The molecule has 0 bridgehead atoms. The van der Waals surface area contributed by atoms with Gasteiger partial charge in [-0.15, -0.1) is 0 Å². The van der Waals surface area contributed by atoms with Gasteiger partial charge in [-0.05, 0) is 42.0 Å². The van der Waals surface area contributed by atoms with Crippen molar-refractivity contribution < 1.29 is 9.18 Å². The molecule has 4 nitrogen and oxygen atoms in total. The van der Waals surface area contributed by atoms with Crippen LogP contribution in [-0.2, 0) is 0 Å². The fourth-order valence-electron chi connectivity index (χ4n) is 1.76. The van der Waals surface area contributed by atoms with E-state index in [0.29, 0.717) is 16.7 Å². The van der Waals surface area contributed by atoms with Crippen LogP contribution in [0.1, 0.15) is 27.5 Å². The SMILES string of the molecule is N#Cc1ccc(C(=O)N[C@@H](C#N)c2ccc(F)cc2)cc1. The van der Waals surface area contributed by atoms with Crippen LogP contribution < -0.4 is 5.32 Å². The Balaban J connectivity index is 2.14. The summed E-state index contributed by atoms with van der Waals surface area (Å²) in [5, 5.41) is 20.4. The predicted molar refractivity (Wildman–Crippen MR) is 73.4 cm³/mol. The molecule has 0 aliphatic carbocycles. The topological polar surface area (TPSA) is 76.7 Å². The quantitative estimate of drug-likeness (QED) is 0.938. The molecule has 0 unspecified atom stereocenters. The van der Waals surface area contributed by atoms with Gasteiger partial charge in [0.05, 0.1) is 17.7 Å². The third-order valence-electron chi connectivity index (χ3n) is 2.88. The summed E-state index contributed by atoms with van der Waals surface area (Å²) >= 11 is 0.